The standard InChI is InChI=1S/C20H23NO3/c1-15(17-7-5-4-6-8-17)14-21-20(22)12-10-16-9-11-18(23-2)19(13-16)24-3/h4-13,15H,14H2,1-3H3,(H,21,22). The van der Waals surface area contributed by atoms with Crippen molar-refractivity contribution in [1.82, 2.24) is 5.32 Å². The third-order valence-corrected chi connectivity index (χ3v) is 3.79. The molecule has 0 spiro atoms. The van der Waals surface area contributed by atoms with Crippen LogP contribution in [0, 0.1) is 0 Å². The van der Waals surface area contributed by atoms with Gasteiger partial charge in [0, 0.05) is 12.6 Å². The zero-order chi connectivity index (χ0) is 17.4. The van der Waals surface area contributed by atoms with E-state index >= 15 is 0 Å². The lowest BCUT2D eigenvalue weighted by atomic mass is 10.0. The molecule has 4 nitrogen and oxygen atoms in total. The second-order valence-corrected chi connectivity index (χ2v) is 5.50. The quantitative estimate of drug-likeness (QED) is 0.791. The van der Waals surface area contributed by atoms with Crippen molar-refractivity contribution in [3.05, 3.63) is 65.7 Å². The third kappa shape index (κ3) is 4.88. The summed E-state index contributed by atoms with van der Waals surface area (Å²) in [5, 5.41) is 2.92. The first-order chi connectivity index (χ1) is 11.6. The van der Waals surface area contributed by atoms with Crippen LogP contribution in [0.5, 0.6) is 11.5 Å². The lowest BCUT2D eigenvalue weighted by Crippen LogP contribution is -2.25. The van der Waals surface area contributed by atoms with Crippen LogP contribution in [0.15, 0.2) is 54.6 Å². The lowest BCUT2D eigenvalue weighted by Gasteiger charge is -2.12. The normalized spacial score (nSPS) is 12.0. The number of hydrogen-bond acceptors (Lipinski definition) is 3. The van der Waals surface area contributed by atoms with Crippen molar-refractivity contribution in [2.75, 3.05) is 20.8 Å². The Morgan fingerprint density at radius 2 is 1.79 bits per heavy atom. The summed E-state index contributed by atoms with van der Waals surface area (Å²) in [6.07, 6.45) is 3.28. The molecule has 0 aliphatic heterocycles. The molecule has 0 fully saturated rings. The van der Waals surface area contributed by atoms with Gasteiger partial charge in [-0.3, -0.25) is 4.79 Å². The predicted molar refractivity (Wildman–Crippen MR) is 96.4 cm³/mol. The summed E-state index contributed by atoms with van der Waals surface area (Å²) in [6.45, 7) is 2.69. The van der Waals surface area contributed by atoms with Crippen molar-refractivity contribution >= 4 is 12.0 Å². The van der Waals surface area contributed by atoms with Gasteiger partial charge in [-0.2, -0.15) is 0 Å². The molecule has 0 aliphatic carbocycles. The summed E-state index contributed by atoms with van der Waals surface area (Å²) < 4.78 is 10.4. The maximum atomic E-state index is 12.0. The van der Waals surface area contributed by atoms with E-state index in [2.05, 4.69) is 24.4 Å². The molecule has 1 N–H and O–H groups in total. The number of benzene rings is 2. The molecular formula is C20H23NO3. The van der Waals surface area contributed by atoms with Crippen LogP contribution >= 0.6 is 0 Å². The summed E-state index contributed by atoms with van der Waals surface area (Å²) in [5.41, 5.74) is 2.08. The summed E-state index contributed by atoms with van der Waals surface area (Å²) in [6, 6.07) is 15.6. The van der Waals surface area contributed by atoms with Gasteiger partial charge in [0.25, 0.3) is 0 Å². The zero-order valence-electron chi connectivity index (χ0n) is 14.3. The van der Waals surface area contributed by atoms with Crippen molar-refractivity contribution in [2.24, 2.45) is 0 Å². The van der Waals surface area contributed by atoms with Gasteiger partial charge in [-0.15, -0.1) is 0 Å². The van der Waals surface area contributed by atoms with Crippen molar-refractivity contribution in [3.63, 3.8) is 0 Å². The number of rotatable bonds is 7. The average molecular weight is 325 g/mol. The number of carbonyl (C=O) groups is 1. The summed E-state index contributed by atoms with van der Waals surface area (Å²) in [7, 11) is 3.18. The molecule has 0 aromatic heterocycles. The monoisotopic (exact) mass is 325 g/mol. The Morgan fingerprint density at radius 1 is 1.08 bits per heavy atom. The minimum absolute atomic E-state index is 0.118. The molecule has 1 unspecified atom stereocenters. The van der Waals surface area contributed by atoms with Gasteiger partial charge in [0.15, 0.2) is 11.5 Å². The molecule has 126 valence electrons. The van der Waals surface area contributed by atoms with Crippen molar-refractivity contribution in [1.29, 1.82) is 0 Å². The van der Waals surface area contributed by atoms with Gasteiger partial charge in [0.2, 0.25) is 5.91 Å². The van der Waals surface area contributed by atoms with E-state index in [9.17, 15) is 4.79 Å². The topological polar surface area (TPSA) is 47.6 Å². The highest BCUT2D eigenvalue weighted by atomic mass is 16.5. The fourth-order valence-electron chi connectivity index (χ4n) is 2.34. The number of methoxy groups -OCH3 is 2. The molecule has 4 heteroatoms. The Hall–Kier alpha value is -2.75. The molecular weight excluding hydrogens is 302 g/mol. The Morgan fingerprint density at radius 3 is 2.46 bits per heavy atom. The highest BCUT2D eigenvalue weighted by Gasteiger charge is 2.06. The van der Waals surface area contributed by atoms with Crippen LogP contribution in [-0.2, 0) is 4.79 Å². The van der Waals surface area contributed by atoms with Crippen molar-refractivity contribution in [3.8, 4) is 11.5 Å². The van der Waals surface area contributed by atoms with E-state index in [4.69, 9.17) is 9.47 Å². The minimum Gasteiger partial charge on any atom is -0.493 e. The predicted octanol–water partition coefficient (Wildman–Crippen LogP) is 3.64. The molecule has 24 heavy (non-hydrogen) atoms. The average Bonchev–Trinajstić information content (AvgIpc) is 2.64. The highest BCUT2D eigenvalue weighted by molar-refractivity contribution is 5.91. The smallest absolute Gasteiger partial charge is 0.244 e. The van der Waals surface area contributed by atoms with E-state index < -0.39 is 0 Å². The van der Waals surface area contributed by atoms with E-state index in [-0.39, 0.29) is 11.8 Å². The summed E-state index contributed by atoms with van der Waals surface area (Å²) >= 11 is 0. The van der Waals surface area contributed by atoms with Crippen LogP contribution in [-0.4, -0.2) is 26.7 Å². The fraction of sp³-hybridized carbons (Fsp3) is 0.250. The van der Waals surface area contributed by atoms with E-state index in [0.29, 0.717) is 18.0 Å². The number of nitrogens with one attached hydrogen (secondary N) is 1. The molecule has 0 saturated heterocycles. The first-order valence-electron chi connectivity index (χ1n) is 7.87. The molecule has 1 atom stereocenters. The fourth-order valence-corrected chi connectivity index (χ4v) is 2.34. The van der Waals surface area contributed by atoms with Gasteiger partial charge in [0.1, 0.15) is 0 Å². The SMILES string of the molecule is COc1ccc(C=CC(=O)NCC(C)c2ccccc2)cc1OC. The van der Waals surface area contributed by atoms with E-state index in [1.54, 1.807) is 20.3 Å². The lowest BCUT2D eigenvalue weighted by molar-refractivity contribution is -0.116. The van der Waals surface area contributed by atoms with Gasteiger partial charge in [-0.05, 0) is 35.3 Å². The first kappa shape index (κ1) is 17.6. The Kier molecular flexibility index (Phi) is 6.43. The maximum Gasteiger partial charge on any atom is 0.244 e. The van der Waals surface area contributed by atoms with Gasteiger partial charge in [-0.1, -0.05) is 43.3 Å². The second-order valence-electron chi connectivity index (χ2n) is 5.50. The number of amides is 1. The molecule has 2 aromatic rings. The number of ether oxygens (including phenoxy) is 2. The second kappa shape index (κ2) is 8.77. The van der Waals surface area contributed by atoms with Crippen LogP contribution in [0.4, 0.5) is 0 Å². The van der Waals surface area contributed by atoms with Crippen LogP contribution in [0.2, 0.25) is 0 Å². The van der Waals surface area contributed by atoms with Crippen LogP contribution in [0.3, 0.4) is 0 Å². The van der Waals surface area contributed by atoms with Crippen LogP contribution in [0.1, 0.15) is 24.0 Å². The van der Waals surface area contributed by atoms with Crippen molar-refractivity contribution < 1.29 is 14.3 Å². The number of hydrogen-bond donors (Lipinski definition) is 1. The summed E-state index contributed by atoms with van der Waals surface area (Å²) in [4.78, 5) is 12.0. The first-order valence-corrected chi connectivity index (χ1v) is 7.87. The van der Waals surface area contributed by atoms with Crippen LogP contribution in [0.25, 0.3) is 6.08 Å². The van der Waals surface area contributed by atoms with Gasteiger partial charge < -0.3 is 14.8 Å². The Balaban J connectivity index is 1.91. The van der Waals surface area contributed by atoms with Gasteiger partial charge in [0.05, 0.1) is 14.2 Å². The molecule has 1 amide bonds. The summed E-state index contributed by atoms with van der Waals surface area (Å²) in [5.74, 6) is 1.45. The zero-order valence-corrected chi connectivity index (χ0v) is 14.3. The van der Waals surface area contributed by atoms with Gasteiger partial charge in [-0.25, -0.2) is 0 Å². The molecule has 0 bridgehead atoms. The van der Waals surface area contributed by atoms with E-state index in [0.717, 1.165) is 5.56 Å². The Labute approximate surface area is 143 Å². The molecule has 0 saturated carbocycles. The largest absolute Gasteiger partial charge is 0.493 e. The van der Waals surface area contributed by atoms with Gasteiger partial charge >= 0.3 is 0 Å². The van der Waals surface area contributed by atoms with E-state index in [1.807, 2.05) is 36.4 Å². The van der Waals surface area contributed by atoms with E-state index in [1.165, 1.54) is 11.6 Å². The maximum absolute atomic E-state index is 12.0. The number of carbonyl (C=O) groups excluding carboxylic acids is 1. The molecule has 0 heterocycles. The minimum atomic E-state index is -0.118. The third-order valence-electron chi connectivity index (χ3n) is 3.79. The molecule has 0 aliphatic rings. The van der Waals surface area contributed by atoms with Crippen LogP contribution < -0.4 is 14.8 Å². The molecule has 2 rings (SSSR count). The Bertz CT molecular complexity index is 695. The highest BCUT2D eigenvalue weighted by Crippen LogP contribution is 2.27. The molecule has 0 radical (unpaired) electrons. The molecule has 2 aromatic carbocycles. The van der Waals surface area contributed by atoms with Crippen molar-refractivity contribution in [2.45, 2.75) is 12.8 Å².